The van der Waals surface area contributed by atoms with Crippen LogP contribution in [-0.2, 0) is 23.9 Å². The molecule has 1 aromatic carbocycles. The number of nitrogens with zero attached hydrogens (tertiary/aromatic N) is 2. The van der Waals surface area contributed by atoms with Gasteiger partial charge in [0.2, 0.25) is 5.91 Å². The van der Waals surface area contributed by atoms with Crippen molar-refractivity contribution in [2.75, 3.05) is 19.0 Å². The Labute approximate surface area is 164 Å². The number of Topliss-reactive ketones (excluding diaryl/α,β-unsaturated/α-hetero) is 1. The first kappa shape index (κ1) is 21.1. The van der Waals surface area contributed by atoms with Gasteiger partial charge in [-0.1, -0.05) is 18.2 Å². The van der Waals surface area contributed by atoms with Crippen molar-refractivity contribution in [3.63, 3.8) is 0 Å². The molecule has 1 aromatic rings. The van der Waals surface area contributed by atoms with Crippen molar-refractivity contribution in [1.82, 2.24) is 10.6 Å². The van der Waals surface area contributed by atoms with E-state index in [1.165, 1.54) is 0 Å². The maximum atomic E-state index is 12.0. The molecule has 0 aromatic heterocycles. The van der Waals surface area contributed by atoms with Gasteiger partial charge in [-0.2, -0.15) is 4.79 Å². The SMILES string of the molecule is CCOC(=O)C(=[N+]=[N-])C(=O)CS[C@H]1NC(=O)[C@H]1NC(=O)COc1ccccc1. The Hall–Kier alpha value is -3.17. The second kappa shape index (κ2) is 10.2. The van der Waals surface area contributed by atoms with Crippen LogP contribution in [0.5, 0.6) is 5.75 Å². The van der Waals surface area contributed by atoms with E-state index in [9.17, 15) is 19.2 Å². The Balaban J connectivity index is 1.80. The molecule has 0 saturated carbocycles. The van der Waals surface area contributed by atoms with Gasteiger partial charge in [-0.3, -0.25) is 14.4 Å². The summed E-state index contributed by atoms with van der Waals surface area (Å²) >= 11 is 0.982. The maximum Gasteiger partial charge on any atom is 0.442 e. The van der Waals surface area contributed by atoms with E-state index >= 15 is 0 Å². The van der Waals surface area contributed by atoms with E-state index in [0.717, 1.165) is 11.8 Å². The zero-order chi connectivity index (χ0) is 20.5. The fourth-order valence-corrected chi connectivity index (χ4v) is 3.21. The summed E-state index contributed by atoms with van der Waals surface area (Å²) in [6.45, 7) is 1.30. The van der Waals surface area contributed by atoms with Crippen molar-refractivity contribution >= 4 is 41.0 Å². The van der Waals surface area contributed by atoms with Gasteiger partial charge in [-0.05, 0) is 19.1 Å². The van der Waals surface area contributed by atoms with Crippen LogP contribution in [-0.4, -0.2) is 64.5 Å². The zero-order valence-electron chi connectivity index (χ0n) is 14.9. The topological polar surface area (TPSA) is 147 Å². The molecular weight excluding hydrogens is 388 g/mol. The number of rotatable bonds is 10. The number of nitrogens with one attached hydrogen (secondary N) is 2. The molecule has 0 aliphatic carbocycles. The Morgan fingerprint density at radius 1 is 1.29 bits per heavy atom. The lowest BCUT2D eigenvalue weighted by atomic mass is 10.1. The Bertz CT molecular complexity index is 809. The van der Waals surface area contributed by atoms with E-state index in [2.05, 4.69) is 20.2 Å². The van der Waals surface area contributed by atoms with Crippen molar-refractivity contribution in [2.24, 2.45) is 0 Å². The second-order valence-corrected chi connectivity index (χ2v) is 6.61. The minimum atomic E-state index is -1.03. The number of carbonyl (C=O) groups excluding carboxylic acids is 4. The van der Waals surface area contributed by atoms with Crippen molar-refractivity contribution in [3.05, 3.63) is 35.9 Å². The molecule has 1 aliphatic rings. The number of β-lactam (4-membered cyclic amide) rings is 1. The smallest absolute Gasteiger partial charge is 0.442 e. The van der Waals surface area contributed by atoms with Crippen LogP contribution in [0.1, 0.15) is 6.92 Å². The van der Waals surface area contributed by atoms with Crippen LogP contribution >= 0.6 is 11.8 Å². The maximum absolute atomic E-state index is 12.0. The number of ketones is 1. The normalized spacial score (nSPS) is 17.4. The average Bonchev–Trinajstić information content (AvgIpc) is 2.69. The third-order valence-corrected chi connectivity index (χ3v) is 4.70. The van der Waals surface area contributed by atoms with Crippen molar-refractivity contribution in [3.8, 4) is 5.75 Å². The molecule has 0 spiro atoms. The third kappa shape index (κ3) is 5.66. The highest BCUT2D eigenvalue weighted by Crippen LogP contribution is 2.20. The largest absolute Gasteiger partial charge is 0.484 e. The number of hydrogen-bond acceptors (Lipinski definition) is 7. The van der Waals surface area contributed by atoms with Crippen molar-refractivity contribution < 1.29 is 33.4 Å². The molecular formula is C17H18N4O6S. The first-order chi connectivity index (χ1) is 13.5. The van der Waals surface area contributed by atoms with E-state index in [-0.39, 0.29) is 19.0 Å². The van der Waals surface area contributed by atoms with Gasteiger partial charge in [-0.25, -0.2) is 4.79 Å². The van der Waals surface area contributed by atoms with Crippen molar-refractivity contribution in [1.29, 1.82) is 0 Å². The molecule has 2 N–H and O–H groups in total. The summed E-state index contributed by atoms with van der Waals surface area (Å²) in [6.07, 6.45) is 0. The van der Waals surface area contributed by atoms with Crippen LogP contribution in [0, 0.1) is 0 Å². The number of carbonyl (C=O) groups is 4. The van der Waals surface area contributed by atoms with E-state index in [0.29, 0.717) is 5.75 Å². The molecule has 28 heavy (non-hydrogen) atoms. The number of benzene rings is 1. The first-order valence-corrected chi connectivity index (χ1v) is 9.32. The molecule has 2 rings (SSSR count). The summed E-state index contributed by atoms with van der Waals surface area (Å²) in [7, 11) is 0. The van der Waals surface area contributed by atoms with Crippen molar-refractivity contribution in [2.45, 2.75) is 18.3 Å². The molecule has 1 aliphatic heterocycles. The van der Waals surface area contributed by atoms with Crippen LogP contribution in [0.2, 0.25) is 0 Å². The lowest BCUT2D eigenvalue weighted by Crippen LogP contribution is -2.68. The highest BCUT2D eigenvalue weighted by atomic mass is 32.2. The Morgan fingerprint density at radius 3 is 2.61 bits per heavy atom. The third-order valence-electron chi connectivity index (χ3n) is 3.53. The average molecular weight is 406 g/mol. The van der Waals surface area contributed by atoms with E-state index in [1.54, 1.807) is 31.2 Å². The molecule has 0 unspecified atom stereocenters. The number of ether oxygens (including phenoxy) is 2. The number of para-hydroxylation sites is 1. The van der Waals surface area contributed by atoms with Crippen LogP contribution < -0.4 is 15.4 Å². The summed E-state index contributed by atoms with van der Waals surface area (Å²) in [6, 6.07) is 7.87. The molecule has 2 amide bonds. The second-order valence-electron chi connectivity index (χ2n) is 5.48. The van der Waals surface area contributed by atoms with E-state index in [4.69, 9.17) is 10.3 Å². The highest BCUT2D eigenvalue weighted by molar-refractivity contribution is 8.00. The standard InChI is InChI=1S/C17H18N4O6S/c1-2-26-17(25)13(21-18)11(22)9-28-16-14(15(24)20-16)19-12(23)8-27-10-6-4-3-5-7-10/h3-7,14,16H,2,8-9H2,1H3,(H,19,23)(H,20,24)/t14-,16-/m1/s1. The fraction of sp³-hybridized carbons (Fsp3) is 0.353. The quantitative estimate of drug-likeness (QED) is 0.133. The van der Waals surface area contributed by atoms with Crippen LogP contribution in [0.15, 0.2) is 30.3 Å². The molecule has 10 nitrogen and oxygen atoms in total. The van der Waals surface area contributed by atoms with Gasteiger partial charge in [0.25, 0.3) is 11.7 Å². The van der Waals surface area contributed by atoms with Crippen LogP contribution in [0.3, 0.4) is 0 Å². The van der Waals surface area contributed by atoms with E-state index in [1.807, 2.05) is 6.07 Å². The molecule has 0 radical (unpaired) electrons. The summed E-state index contributed by atoms with van der Waals surface area (Å²) < 4.78 is 9.92. The van der Waals surface area contributed by atoms with Gasteiger partial charge in [0, 0.05) is 0 Å². The number of esters is 1. The Kier molecular flexibility index (Phi) is 7.73. The van der Waals surface area contributed by atoms with Gasteiger partial charge in [0.05, 0.1) is 12.4 Å². The predicted molar refractivity (Wildman–Crippen MR) is 98.5 cm³/mol. The molecule has 1 saturated heterocycles. The van der Waals surface area contributed by atoms with Crippen LogP contribution in [0.4, 0.5) is 0 Å². The van der Waals surface area contributed by atoms with Crippen LogP contribution in [0.25, 0.3) is 5.53 Å². The molecule has 2 atom stereocenters. The van der Waals surface area contributed by atoms with Gasteiger partial charge in [-0.15, -0.1) is 11.8 Å². The Morgan fingerprint density at radius 2 is 2.00 bits per heavy atom. The summed E-state index contributed by atoms with van der Waals surface area (Å²) in [4.78, 5) is 49.8. The van der Waals surface area contributed by atoms with Gasteiger partial charge >= 0.3 is 11.7 Å². The first-order valence-electron chi connectivity index (χ1n) is 8.27. The minimum Gasteiger partial charge on any atom is -0.484 e. The van der Waals surface area contributed by atoms with Gasteiger partial charge < -0.3 is 25.6 Å². The molecule has 148 valence electrons. The zero-order valence-corrected chi connectivity index (χ0v) is 15.7. The number of amides is 2. The summed E-state index contributed by atoms with van der Waals surface area (Å²) in [5.74, 6) is -2.43. The minimum absolute atomic E-state index is 0.0239. The molecule has 11 heteroatoms. The van der Waals surface area contributed by atoms with Gasteiger partial charge in [0.15, 0.2) is 6.61 Å². The molecule has 1 fully saturated rings. The predicted octanol–water partition coefficient (Wildman–Crippen LogP) is -0.458. The lowest BCUT2D eigenvalue weighted by Gasteiger charge is -2.36. The lowest BCUT2D eigenvalue weighted by molar-refractivity contribution is -0.141. The highest BCUT2D eigenvalue weighted by Gasteiger charge is 2.42. The summed E-state index contributed by atoms with van der Waals surface area (Å²) in [5.41, 5.74) is 8.09. The van der Waals surface area contributed by atoms with E-state index < -0.39 is 40.7 Å². The fourth-order valence-electron chi connectivity index (χ4n) is 2.16. The summed E-state index contributed by atoms with van der Waals surface area (Å²) in [5, 5.41) is 4.48. The monoisotopic (exact) mass is 406 g/mol. The molecule has 0 bridgehead atoms. The molecule has 1 heterocycles. The number of thioether (sulfide) groups is 1. The number of hydrogen-bond donors (Lipinski definition) is 2. The van der Waals surface area contributed by atoms with Gasteiger partial charge in [0.1, 0.15) is 17.2 Å².